The fourth-order valence-electron chi connectivity index (χ4n) is 2.33. The first-order valence-electron chi connectivity index (χ1n) is 8.38. The lowest BCUT2D eigenvalue weighted by molar-refractivity contribution is -0.111. The number of rotatable bonds is 7. The van der Waals surface area contributed by atoms with E-state index in [4.69, 9.17) is 13.9 Å². The third-order valence-electron chi connectivity index (χ3n) is 3.49. The van der Waals surface area contributed by atoms with Gasteiger partial charge in [0.05, 0.1) is 19.5 Å². The van der Waals surface area contributed by atoms with E-state index in [-0.39, 0.29) is 12.0 Å². The number of hydrogen-bond acceptors (Lipinski definition) is 6. The fraction of sp³-hybridized carbons (Fsp3) is 0.200. The highest BCUT2D eigenvalue weighted by Gasteiger charge is 2.09. The Morgan fingerprint density at radius 2 is 2.15 bits per heavy atom. The van der Waals surface area contributed by atoms with Crippen LogP contribution in [0.15, 0.2) is 52.5 Å². The average Bonchev–Trinajstić information content (AvgIpc) is 3.32. The molecule has 6 nitrogen and oxygen atoms in total. The molecular formula is C20H20N2O4S. The van der Waals surface area contributed by atoms with Gasteiger partial charge >= 0.3 is 0 Å². The van der Waals surface area contributed by atoms with E-state index >= 15 is 0 Å². The lowest BCUT2D eigenvalue weighted by Gasteiger charge is -2.13. The van der Waals surface area contributed by atoms with E-state index in [2.05, 4.69) is 10.3 Å². The Kier molecular flexibility index (Phi) is 5.93. The zero-order valence-corrected chi connectivity index (χ0v) is 16.1. The van der Waals surface area contributed by atoms with Crippen LogP contribution in [0.4, 0.5) is 5.13 Å². The van der Waals surface area contributed by atoms with Gasteiger partial charge < -0.3 is 13.9 Å². The van der Waals surface area contributed by atoms with Crippen LogP contribution < -0.4 is 14.8 Å². The van der Waals surface area contributed by atoms with Crippen molar-refractivity contribution >= 4 is 28.5 Å². The molecule has 140 valence electrons. The molecule has 7 heteroatoms. The Hall–Kier alpha value is -3.06. The lowest BCUT2D eigenvalue weighted by Crippen LogP contribution is -2.07. The number of carbonyl (C=O) groups excluding carboxylic acids is 1. The summed E-state index contributed by atoms with van der Waals surface area (Å²) in [5.74, 6) is 1.69. The average molecular weight is 384 g/mol. The van der Waals surface area contributed by atoms with Crippen molar-refractivity contribution in [2.75, 3.05) is 12.4 Å². The molecule has 0 aliphatic carbocycles. The SMILES string of the molecule is COc1cc(/C=C/C(=O)Nc2nc(-c3ccco3)cs2)ccc1OC(C)C. The number of nitrogens with zero attached hydrogens (tertiary/aromatic N) is 1. The maximum absolute atomic E-state index is 12.1. The van der Waals surface area contributed by atoms with Gasteiger partial charge in [-0.05, 0) is 49.8 Å². The lowest BCUT2D eigenvalue weighted by atomic mass is 10.2. The van der Waals surface area contributed by atoms with Gasteiger partial charge in [-0.15, -0.1) is 11.3 Å². The van der Waals surface area contributed by atoms with Gasteiger partial charge in [0.25, 0.3) is 0 Å². The zero-order valence-electron chi connectivity index (χ0n) is 15.3. The third kappa shape index (κ3) is 4.98. The van der Waals surface area contributed by atoms with Crippen LogP contribution in [0.25, 0.3) is 17.5 Å². The zero-order chi connectivity index (χ0) is 19.2. The van der Waals surface area contributed by atoms with Gasteiger partial charge in [0, 0.05) is 11.5 Å². The van der Waals surface area contributed by atoms with Crippen molar-refractivity contribution < 1.29 is 18.7 Å². The molecule has 0 spiro atoms. The van der Waals surface area contributed by atoms with Crippen LogP contribution in [0.2, 0.25) is 0 Å². The highest BCUT2D eigenvalue weighted by atomic mass is 32.1. The first kappa shape index (κ1) is 18.7. The van der Waals surface area contributed by atoms with Crippen molar-refractivity contribution in [3.8, 4) is 23.0 Å². The Morgan fingerprint density at radius 1 is 1.30 bits per heavy atom. The van der Waals surface area contributed by atoms with E-state index in [0.29, 0.717) is 28.1 Å². The number of thiazole rings is 1. The summed E-state index contributed by atoms with van der Waals surface area (Å²) in [5.41, 5.74) is 1.52. The van der Waals surface area contributed by atoms with Gasteiger partial charge in [0.1, 0.15) is 5.69 Å². The standard InChI is InChI=1S/C20H20N2O4S/c1-13(2)26-17-8-6-14(11-18(17)24-3)7-9-19(23)22-20-21-15(12-27-20)16-5-4-10-25-16/h4-13H,1-3H3,(H,21,22,23)/b9-7+. The first-order valence-corrected chi connectivity index (χ1v) is 9.26. The van der Waals surface area contributed by atoms with E-state index in [9.17, 15) is 4.79 Å². The number of anilines is 1. The minimum Gasteiger partial charge on any atom is -0.493 e. The smallest absolute Gasteiger partial charge is 0.250 e. The van der Waals surface area contributed by atoms with Crippen LogP contribution in [0.3, 0.4) is 0 Å². The van der Waals surface area contributed by atoms with Gasteiger partial charge in [0.15, 0.2) is 22.4 Å². The minimum absolute atomic E-state index is 0.0513. The molecule has 27 heavy (non-hydrogen) atoms. The van der Waals surface area contributed by atoms with Gasteiger partial charge in [-0.3, -0.25) is 10.1 Å². The Labute approximate surface area is 161 Å². The number of amides is 1. The second-order valence-corrected chi connectivity index (χ2v) is 6.77. The van der Waals surface area contributed by atoms with Crippen LogP contribution in [0.5, 0.6) is 11.5 Å². The Morgan fingerprint density at radius 3 is 2.85 bits per heavy atom. The number of benzene rings is 1. The molecule has 0 radical (unpaired) electrons. The molecule has 1 N–H and O–H groups in total. The van der Waals surface area contributed by atoms with Gasteiger partial charge in [-0.1, -0.05) is 6.07 Å². The summed E-state index contributed by atoms with van der Waals surface area (Å²) in [6.45, 7) is 3.90. The molecule has 0 atom stereocenters. The summed E-state index contributed by atoms with van der Waals surface area (Å²) < 4.78 is 16.3. The van der Waals surface area contributed by atoms with Crippen LogP contribution in [-0.2, 0) is 4.79 Å². The summed E-state index contributed by atoms with van der Waals surface area (Å²) in [7, 11) is 1.59. The van der Waals surface area contributed by atoms with Crippen LogP contribution in [-0.4, -0.2) is 24.1 Å². The van der Waals surface area contributed by atoms with Crippen LogP contribution in [0, 0.1) is 0 Å². The fourth-order valence-corrected chi connectivity index (χ4v) is 3.03. The Bertz CT molecular complexity index is 929. The second-order valence-electron chi connectivity index (χ2n) is 5.91. The maximum atomic E-state index is 12.1. The third-order valence-corrected chi connectivity index (χ3v) is 4.24. The predicted octanol–water partition coefficient (Wildman–Crippen LogP) is 4.85. The Balaban J connectivity index is 1.64. The van der Waals surface area contributed by atoms with Crippen molar-refractivity contribution in [1.29, 1.82) is 0 Å². The molecule has 3 rings (SSSR count). The highest BCUT2D eigenvalue weighted by molar-refractivity contribution is 7.14. The van der Waals surface area contributed by atoms with Crippen molar-refractivity contribution in [1.82, 2.24) is 4.98 Å². The number of aromatic nitrogens is 1. The molecule has 0 saturated heterocycles. The maximum Gasteiger partial charge on any atom is 0.250 e. The van der Waals surface area contributed by atoms with Crippen LogP contribution in [0.1, 0.15) is 19.4 Å². The van der Waals surface area contributed by atoms with Crippen molar-refractivity contribution in [3.63, 3.8) is 0 Å². The number of carbonyl (C=O) groups is 1. The quantitative estimate of drug-likeness (QED) is 0.590. The molecule has 0 saturated carbocycles. The molecule has 2 heterocycles. The van der Waals surface area contributed by atoms with Crippen molar-refractivity contribution in [2.45, 2.75) is 20.0 Å². The highest BCUT2D eigenvalue weighted by Crippen LogP contribution is 2.29. The molecule has 0 aliphatic rings. The monoisotopic (exact) mass is 384 g/mol. The van der Waals surface area contributed by atoms with Gasteiger partial charge in [-0.2, -0.15) is 0 Å². The van der Waals surface area contributed by atoms with E-state index in [1.54, 1.807) is 25.5 Å². The van der Waals surface area contributed by atoms with Crippen LogP contribution >= 0.6 is 11.3 Å². The molecular weight excluding hydrogens is 364 g/mol. The molecule has 2 aromatic heterocycles. The number of nitrogens with one attached hydrogen (secondary N) is 1. The molecule has 0 fully saturated rings. The van der Waals surface area contributed by atoms with Gasteiger partial charge in [0.2, 0.25) is 5.91 Å². The summed E-state index contributed by atoms with van der Waals surface area (Å²) in [5, 5.41) is 5.08. The van der Waals surface area contributed by atoms with E-state index in [1.807, 2.05) is 43.5 Å². The molecule has 0 bridgehead atoms. The normalized spacial score (nSPS) is 11.1. The van der Waals surface area contributed by atoms with E-state index < -0.39 is 0 Å². The van der Waals surface area contributed by atoms with Crippen molar-refractivity contribution in [2.24, 2.45) is 0 Å². The first-order chi connectivity index (χ1) is 13.0. The molecule has 1 amide bonds. The van der Waals surface area contributed by atoms with Crippen molar-refractivity contribution in [3.05, 3.63) is 53.6 Å². The summed E-state index contributed by atoms with van der Waals surface area (Å²) in [4.78, 5) is 16.5. The number of hydrogen-bond donors (Lipinski definition) is 1. The van der Waals surface area contributed by atoms with E-state index in [1.165, 1.54) is 17.4 Å². The summed E-state index contributed by atoms with van der Waals surface area (Å²) in [6, 6.07) is 9.12. The number of ether oxygens (including phenoxy) is 2. The summed E-state index contributed by atoms with van der Waals surface area (Å²) >= 11 is 1.34. The second kappa shape index (κ2) is 8.55. The predicted molar refractivity (Wildman–Crippen MR) is 106 cm³/mol. The molecule has 0 aliphatic heterocycles. The number of methoxy groups -OCH3 is 1. The molecule has 1 aromatic carbocycles. The van der Waals surface area contributed by atoms with E-state index in [0.717, 1.165) is 5.56 Å². The summed E-state index contributed by atoms with van der Waals surface area (Å²) in [6.07, 6.45) is 4.79. The minimum atomic E-state index is -0.267. The molecule has 3 aromatic rings. The molecule has 0 unspecified atom stereocenters. The largest absolute Gasteiger partial charge is 0.493 e. The number of furan rings is 1. The topological polar surface area (TPSA) is 73.6 Å². The van der Waals surface area contributed by atoms with Gasteiger partial charge in [-0.25, -0.2) is 4.98 Å².